The van der Waals surface area contributed by atoms with Crippen LogP contribution >= 0.6 is 0 Å². The molecule has 2 saturated heterocycles. The highest BCUT2D eigenvalue weighted by molar-refractivity contribution is 5.96. The zero-order valence-corrected chi connectivity index (χ0v) is 15.4. The third kappa shape index (κ3) is 4.81. The van der Waals surface area contributed by atoms with Crippen LogP contribution in [0.5, 0.6) is 0 Å². The van der Waals surface area contributed by atoms with Crippen LogP contribution in [0.4, 0.5) is 0 Å². The molecule has 1 aromatic carbocycles. The lowest BCUT2D eigenvalue weighted by Gasteiger charge is -2.28. The van der Waals surface area contributed by atoms with Crippen molar-refractivity contribution in [3.05, 3.63) is 35.4 Å². The Balaban J connectivity index is 1.59. The van der Waals surface area contributed by atoms with Crippen molar-refractivity contribution in [1.29, 1.82) is 0 Å². The van der Waals surface area contributed by atoms with E-state index in [0.717, 1.165) is 77.4 Å². The summed E-state index contributed by atoms with van der Waals surface area (Å²) in [7, 11) is 0. The van der Waals surface area contributed by atoms with Gasteiger partial charge in [-0.2, -0.15) is 0 Å². The van der Waals surface area contributed by atoms with Crippen LogP contribution < -0.4 is 5.32 Å². The molecule has 3 rings (SSSR count). The van der Waals surface area contributed by atoms with Gasteiger partial charge in [0.05, 0.1) is 13.2 Å². The quantitative estimate of drug-likeness (QED) is 0.820. The molecule has 1 unspecified atom stereocenters. The van der Waals surface area contributed by atoms with Crippen molar-refractivity contribution in [1.82, 2.24) is 15.1 Å². The summed E-state index contributed by atoms with van der Waals surface area (Å²) in [5, 5.41) is 3.41. The summed E-state index contributed by atoms with van der Waals surface area (Å²) < 4.78 is 5.39. The van der Waals surface area contributed by atoms with Crippen LogP contribution in [0.1, 0.15) is 41.6 Å². The summed E-state index contributed by atoms with van der Waals surface area (Å²) in [6.07, 6.45) is 2.14. The maximum Gasteiger partial charge on any atom is 0.254 e. The maximum atomic E-state index is 13.1. The molecule has 1 N–H and O–H groups in total. The van der Waals surface area contributed by atoms with Crippen LogP contribution in [0.3, 0.4) is 0 Å². The first-order chi connectivity index (χ1) is 12.3. The second-order valence-electron chi connectivity index (χ2n) is 6.97. The van der Waals surface area contributed by atoms with E-state index in [1.165, 1.54) is 5.56 Å². The number of carbonyl (C=O) groups is 1. The number of hydrogen-bond donors (Lipinski definition) is 1. The number of amides is 1. The predicted octanol–water partition coefficient (Wildman–Crippen LogP) is 1.95. The van der Waals surface area contributed by atoms with Crippen molar-refractivity contribution < 1.29 is 9.53 Å². The van der Waals surface area contributed by atoms with E-state index in [-0.39, 0.29) is 5.91 Å². The van der Waals surface area contributed by atoms with Crippen molar-refractivity contribution >= 4 is 5.91 Å². The predicted molar refractivity (Wildman–Crippen MR) is 100 cm³/mol. The third-order valence-electron chi connectivity index (χ3n) is 5.37. The van der Waals surface area contributed by atoms with Crippen LogP contribution in [0, 0.1) is 0 Å². The van der Waals surface area contributed by atoms with Gasteiger partial charge in [0, 0.05) is 44.8 Å². The van der Waals surface area contributed by atoms with Crippen molar-refractivity contribution in [2.45, 2.75) is 25.7 Å². The number of nitrogens with zero attached hydrogens (tertiary/aromatic N) is 2. The molecule has 2 aliphatic rings. The summed E-state index contributed by atoms with van der Waals surface area (Å²) in [5.41, 5.74) is 2.11. The minimum Gasteiger partial charge on any atom is -0.379 e. The second kappa shape index (κ2) is 9.32. The molecule has 5 heteroatoms. The van der Waals surface area contributed by atoms with Gasteiger partial charge in [-0.1, -0.05) is 18.2 Å². The fraction of sp³-hybridized carbons (Fsp3) is 0.650. The lowest BCUT2D eigenvalue weighted by molar-refractivity contribution is 0.0358. The number of ether oxygens (including phenoxy) is 1. The number of carbonyl (C=O) groups excluding carboxylic acids is 1. The molecule has 1 atom stereocenters. The smallest absolute Gasteiger partial charge is 0.254 e. The van der Waals surface area contributed by atoms with Crippen LogP contribution in [0.2, 0.25) is 0 Å². The standard InChI is InChI=1S/C20H31N3O2/c1-2-23(11-5-10-22-12-14-25-15-13-22)20(24)19-7-4-3-6-18(19)17-8-9-21-16-17/h3-4,6-7,17,21H,2,5,8-16H2,1H3. The second-order valence-corrected chi connectivity index (χ2v) is 6.97. The van der Waals surface area contributed by atoms with Gasteiger partial charge in [-0.25, -0.2) is 0 Å². The van der Waals surface area contributed by atoms with Gasteiger partial charge >= 0.3 is 0 Å². The maximum absolute atomic E-state index is 13.1. The molecule has 2 aliphatic heterocycles. The molecule has 0 radical (unpaired) electrons. The van der Waals surface area contributed by atoms with E-state index < -0.39 is 0 Å². The van der Waals surface area contributed by atoms with E-state index in [4.69, 9.17) is 4.74 Å². The van der Waals surface area contributed by atoms with Crippen molar-refractivity contribution in [2.75, 3.05) is 59.0 Å². The van der Waals surface area contributed by atoms with E-state index in [2.05, 4.69) is 29.3 Å². The molecule has 0 spiro atoms. The summed E-state index contributed by atoms with van der Waals surface area (Å²) >= 11 is 0. The molecule has 1 amide bonds. The molecular weight excluding hydrogens is 314 g/mol. The van der Waals surface area contributed by atoms with E-state index in [0.29, 0.717) is 5.92 Å². The number of nitrogens with one attached hydrogen (secondary N) is 1. The molecular formula is C20H31N3O2. The third-order valence-corrected chi connectivity index (χ3v) is 5.37. The van der Waals surface area contributed by atoms with Crippen molar-refractivity contribution in [3.63, 3.8) is 0 Å². The van der Waals surface area contributed by atoms with E-state index in [1.807, 2.05) is 17.0 Å². The van der Waals surface area contributed by atoms with Gasteiger partial charge < -0.3 is 15.0 Å². The summed E-state index contributed by atoms with van der Waals surface area (Å²) in [5.74, 6) is 0.652. The SMILES string of the molecule is CCN(CCCN1CCOCC1)C(=O)c1ccccc1C1CCNC1. The number of morpholine rings is 1. The number of rotatable bonds is 7. The minimum absolute atomic E-state index is 0.187. The molecule has 0 bridgehead atoms. The Morgan fingerprint density at radius 2 is 2.12 bits per heavy atom. The van der Waals surface area contributed by atoms with Crippen molar-refractivity contribution in [3.8, 4) is 0 Å². The van der Waals surface area contributed by atoms with Gasteiger partial charge in [-0.15, -0.1) is 0 Å². The van der Waals surface area contributed by atoms with E-state index in [9.17, 15) is 4.79 Å². The highest BCUT2D eigenvalue weighted by Gasteiger charge is 2.24. The van der Waals surface area contributed by atoms with E-state index >= 15 is 0 Å². The fourth-order valence-electron chi connectivity index (χ4n) is 3.85. The monoisotopic (exact) mass is 345 g/mol. The Morgan fingerprint density at radius 3 is 2.84 bits per heavy atom. The first-order valence-corrected chi connectivity index (χ1v) is 9.68. The van der Waals surface area contributed by atoms with Gasteiger partial charge in [0.15, 0.2) is 0 Å². The highest BCUT2D eigenvalue weighted by Crippen LogP contribution is 2.26. The Kier molecular flexibility index (Phi) is 6.84. The molecule has 138 valence electrons. The summed E-state index contributed by atoms with van der Waals surface area (Å²) in [6, 6.07) is 8.17. The van der Waals surface area contributed by atoms with Crippen LogP contribution in [-0.4, -0.2) is 74.7 Å². The van der Waals surface area contributed by atoms with Crippen LogP contribution in [0.25, 0.3) is 0 Å². The van der Waals surface area contributed by atoms with Gasteiger partial charge in [-0.05, 0) is 43.9 Å². The topological polar surface area (TPSA) is 44.8 Å². The molecule has 1 aromatic rings. The first-order valence-electron chi connectivity index (χ1n) is 9.68. The summed E-state index contributed by atoms with van der Waals surface area (Å²) in [4.78, 5) is 17.5. The Hall–Kier alpha value is -1.43. The number of benzene rings is 1. The normalized spacial score (nSPS) is 21.4. The lowest BCUT2D eigenvalue weighted by Crippen LogP contribution is -2.39. The zero-order chi connectivity index (χ0) is 17.5. The largest absolute Gasteiger partial charge is 0.379 e. The zero-order valence-electron chi connectivity index (χ0n) is 15.4. The van der Waals surface area contributed by atoms with Crippen molar-refractivity contribution in [2.24, 2.45) is 0 Å². The van der Waals surface area contributed by atoms with Gasteiger partial charge in [0.25, 0.3) is 5.91 Å². The summed E-state index contributed by atoms with van der Waals surface area (Å²) in [6.45, 7) is 10.4. The Bertz CT molecular complexity index is 552. The van der Waals surface area contributed by atoms with Gasteiger partial charge in [0.2, 0.25) is 0 Å². The average molecular weight is 345 g/mol. The van der Waals surface area contributed by atoms with E-state index in [1.54, 1.807) is 0 Å². The molecule has 2 fully saturated rings. The van der Waals surface area contributed by atoms with Crippen LogP contribution in [-0.2, 0) is 4.74 Å². The van der Waals surface area contributed by atoms with Crippen LogP contribution in [0.15, 0.2) is 24.3 Å². The highest BCUT2D eigenvalue weighted by atomic mass is 16.5. The molecule has 0 aromatic heterocycles. The minimum atomic E-state index is 0.187. The molecule has 2 heterocycles. The molecule has 5 nitrogen and oxygen atoms in total. The number of hydrogen-bond acceptors (Lipinski definition) is 4. The Morgan fingerprint density at radius 1 is 1.32 bits per heavy atom. The molecule has 0 aliphatic carbocycles. The fourth-order valence-corrected chi connectivity index (χ4v) is 3.85. The first kappa shape index (κ1) is 18.4. The Labute approximate surface area is 151 Å². The van der Waals surface area contributed by atoms with Gasteiger partial charge in [-0.3, -0.25) is 9.69 Å². The average Bonchev–Trinajstić information content (AvgIpc) is 3.20. The molecule has 25 heavy (non-hydrogen) atoms. The molecule has 0 saturated carbocycles. The van der Waals surface area contributed by atoms with Gasteiger partial charge in [0.1, 0.15) is 0 Å². The lowest BCUT2D eigenvalue weighted by atomic mass is 9.93.